The summed E-state index contributed by atoms with van der Waals surface area (Å²) >= 11 is 0. The summed E-state index contributed by atoms with van der Waals surface area (Å²) in [5.41, 5.74) is 1.75. The van der Waals surface area contributed by atoms with E-state index in [1.807, 2.05) is 40.3 Å². The van der Waals surface area contributed by atoms with Gasteiger partial charge >= 0.3 is 0 Å². The topological polar surface area (TPSA) is 76.6 Å². The Morgan fingerprint density at radius 3 is 2.96 bits per heavy atom. The third-order valence-corrected chi connectivity index (χ3v) is 6.08. The van der Waals surface area contributed by atoms with Crippen molar-refractivity contribution in [2.24, 2.45) is 5.41 Å². The molecule has 0 unspecified atom stereocenters. The molecule has 3 heterocycles. The number of aromatic amines is 1. The average Bonchev–Trinajstić information content (AvgIpc) is 3.16. The van der Waals surface area contributed by atoms with Gasteiger partial charge in [-0.1, -0.05) is 0 Å². The number of rotatable bonds is 4. The summed E-state index contributed by atoms with van der Waals surface area (Å²) in [6.07, 6.45) is 5.91. The Kier molecular flexibility index (Phi) is 4.91. The third-order valence-electron chi connectivity index (χ3n) is 6.08. The van der Waals surface area contributed by atoms with E-state index in [1.165, 1.54) is 0 Å². The van der Waals surface area contributed by atoms with E-state index in [9.17, 15) is 9.59 Å². The number of nitrogens with zero attached hydrogens (tertiary/aromatic N) is 2. The van der Waals surface area contributed by atoms with Gasteiger partial charge in [0, 0.05) is 67.3 Å². The van der Waals surface area contributed by atoms with E-state index in [0.717, 1.165) is 42.3 Å². The highest BCUT2D eigenvalue weighted by Gasteiger charge is 2.42. The predicted octanol–water partition coefficient (Wildman–Crippen LogP) is 2.40. The molecule has 0 aliphatic carbocycles. The van der Waals surface area contributed by atoms with Crippen molar-refractivity contribution in [3.63, 3.8) is 0 Å². The maximum absolute atomic E-state index is 13.1. The normalized spacial score (nSPS) is 23.4. The lowest BCUT2D eigenvalue weighted by molar-refractivity contribution is -0.139. The number of carbonyl (C=O) groups excluding carboxylic acids is 2. The Bertz CT molecular complexity index is 846. The smallest absolute Gasteiger partial charge is 0.253 e. The molecular formula is C21H27N3O3. The molecule has 144 valence electrons. The van der Waals surface area contributed by atoms with Gasteiger partial charge < -0.3 is 19.9 Å². The number of benzene rings is 1. The molecule has 6 heteroatoms. The summed E-state index contributed by atoms with van der Waals surface area (Å²) in [6.45, 7) is 2.89. The molecule has 2 N–H and O–H groups in total. The number of H-pyrrole nitrogens is 1. The van der Waals surface area contributed by atoms with E-state index < -0.39 is 0 Å². The van der Waals surface area contributed by atoms with Gasteiger partial charge in [-0.2, -0.15) is 0 Å². The Hall–Kier alpha value is -2.34. The van der Waals surface area contributed by atoms with Crippen molar-refractivity contribution in [2.75, 3.05) is 32.8 Å². The first-order valence-electron chi connectivity index (χ1n) is 9.85. The number of piperidine rings is 2. The largest absolute Gasteiger partial charge is 0.396 e. The van der Waals surface area contributed by atoms with Gasteiger partial charge in [0.25, 0.3) is 5.91 Å². The van der Waals surface area contributed by atoms with Crippen LogP contribution >= 0.6 is 0 Å². The van der Waals surface area contributed by atoms with Crippen molar-refractivity contribution in [3.05, 3.63) is 36.0 Å². The fourth-order valence-corrected chi connectivity index (χ4v) is 4.65. The molecule has 1 aromatic heterocycles. The van der Waals surface area contributed by atoms with Crippen molar-refractivity contribution in [1.29, 1.82) is 0 Å². The van der Waals surface area contributed by atoms with Crippen LogP contribution in [-0.2, 0) is 4.79 Å². The molecule has 27 heavy (non-hydrogen) atoms. The summed E-state index contributed by atoms with van der Waals surface area (Å²) < 4.78 is 0. The fraction of sp³-hybridized carbons (Fsp3) is 0.524. The summed E-state index contributed by atoms with van der Waals surface area (Å²) in [7, 11) is 0. The van der Waals surface area contributed by atoms with Gasteiger partial charge in [-0.05, 0) is 49.9 Å². The lowest BCUT2D eigenvalue weighted by Gasteiger charge is -2.48. The zero-order chi connectivity index (χ0) is 18.9. The quantitative estimate of drug-likeness (QED) is 0.869. The Balaban J connectivity index is 1.49. The summed E-state index contributed by atoms with van der Waals surface area (Å²) in [6, 6.07) is 7.78. The van der Waals surface area contributed by atoms with Crippen LogP contribution in [0.5, 0.6) is 0 Å². The lowest BCUT2D eigenvalue weighted by Crippen LogP contribution is -2.55. The first kappa shape index (κ1) is 18.0. The highest BCUT2D eigenvalue weighted by molar-refractivity contribution is 5.98. The Morgan fingerprint density at radius 1 is 1.22 bits per heavy atom. The minimum atomic E-state index is -0.00450. The SMILES string of the molecule is O=C1CC[C@]2(CCCN(C(=O)c3ccc4[nH]ccc4c3)C2)CN1CCCO. The van der Waals surface area contributed by atoms with E-state index in [-0.39, 0.29) is 23.8 Å². The number of nitrogens with one attached hydrogen (secondary N) is 1. The minimum Gasteiger partial charge on any atom is -0.396 e. The van der Waals surface area contributed by atoms with Crippen LogP contribution in [0.3, 0.4) is 0 Å². The number of aliphatic hydroxyl groups is 1. The maximum Gasteiger partial charge on any atom is 0.253 e. The molecule has 0 saturated carbocycles. The van der Waals surface area contributed by atoms with Crippen LogP contribution in [0.1, 0.15) is 42.5 Å². The molecular weight excluding hydrogens is 342 g/mol. The van der Waals surface area contributed by atoms with Crippen molar-refractivity contribution >= 4 is 22.7 Å². The number of amides is 2. The first-order chi connectivity index (χ1) is 13.1. The number of hydrogen-bond acceptors (Lipinski definition) is 3. The molecule has 6 nitrogen and oxygen atoms in total. The molecule has 2 fully saturated rings. The zero-order valence-corrected chi connectivity index (χ0v) is 15.6. The van der Waals surface area contributed by atoms with Crippen molar-refractivity contribution in [1.82, 2.24) is 14.8 Å². The van der Waals surface area contributed by atoms with Crippen LogP contribution in [0.15, 0.2) is 30.5 Å². The van der Waals surface area contributed by atoms with E-state index in [1.54, 1.807) is 0 Å². The summed E-state index contributed by atoms with van der Waals surface area (Å²) in [5.74, 6) is 0.256. The van der Waals surface area contributed by atoms with Gasteiger partial charge in [-0.15, -0.1) is 0 Å². The molecule has 1 atom stereocenters. The second-order valence-electron chi connectivity index (χ2n) is 8.00. The number of aliphatic hydroxyl groups excluding tert-OH is 1. The van der Waals surface area contributed by atoms with Crippen LogP contribution in [-0.4, -0.2) is 64.5 Å². The summed E-state index contributed by atoms with van der Waals surface area (Å²) in [4.78, 5) is 32.3. The molecule has 2 saturated heterocycles. The van der Waals surface area contributed by atoms with E-state index in [4.69, 9.17) is 5.11 Å². The standard InChI is InChI=1S/C21H27N3O3/c25-12-2-11-23-14-21(8-5-19(23)26)7-1-10-24(15-21)20(27)17-3-4-18-16(13-17)6-9-22-18/h3-4,6,9,13,22,25H,1-2,5,7-8,10-12,14-15H2/t21-/m1/s1. The Morgan fingerprint density at radius 2 is 2.11 bits per heavy atom. The number of hydrogen-bond donors (Lipinski definition) is 2. The van der Waals surface area contributed by atoms with E-state index in [0.29, 0.717) is 32.5 Å². The van der Waals surface area contributed by atoms with Gasteiger partial charge in [0.15, 0.2) is 0 Å². The third kappa shape index (κ3) is 3.58. The summed E-state index contributed by atoms with van der Waals surface area (Å²) in [5, 5.41) is 10.1. The van der Waals surface area contributed by atoms with Crippen molar-refractivity contribution in [3.8, 4) is 0 Å². The van der Waals surface area contributed by atoms with Crippen LogP contribution in [0, 0.1) is 5.41 Å². The van der Waals surface area contributed by atoms with Gasteiger partial charge in [0.1, 0.15) is 0 Å². The average molecular weight is 369 g/mol. The van der Waals surface area contributed by atoms with Gasteiger partial charge in [-0.3, -0.25) is 9.59 Å². The van der Waals surface area contributed by atoms with Gasteiger partial charge in [0.05, 0.1) is 0 Å². The van der Waals surface area contributed by atoms with E-state index in [2.05, 4.69) is 4.98 Å². The zero-order valence-electron chi connectivity index (χ0n) is 15.6. The molecule has 1 aromatic carbocycles. The van der Waals surface area contributed by atoms with Crippen LogP contribution < -0.4 is 0 Å². The molecule has 0 bridgehead atoms. The minimum absolute atomic E-state index is 0.00450. The Labute approximate surface area is 159 Å². The van der Waals surface area contributed by atoms with Crippen molar-refractivity contribution in [2.45, 2.75) is 32.1 Å². The highest BCUT2D eigenvalue weighted by atomic mass is 16.3. The molecule has 2 aromatic rings. The molecule has 1 spiro atoms. The fourth-order valence-electron chi connectivity index (χ4n) is 4.65. The first-order valence-corrected chi connectivity index (χ1v) is 9.85. The number of likely N-dealkylation sites (tertiary alicyclic amines) is 2. The predicted molar refractivity (Wildman–Crippen MR) is 103 cm³/mol. The maximum atomic E-state index is 13.1. The van der Waals surface area contributed by atoms with E-state index >= 15 is 0 Å². The van der Waals surface area contributed by atoms with Crippen LogP contribution in [0.2, 0.25) is 0 Å². The highest BCUT2D eigenvalue weighted by Crippen LogP contribution is 2.39. The molecule has 0 radical (unpaired) electrons. The van der Waals surface area contributed by atoms with Gasteiger partial charge in [0.2, 0.25) is 5.91 Å². The van der Waals surface area contributed by atoms with Crippen LogP contribution in [0.25, 0.3) is 10.9 Å². The van der Waals surface area contributed by atoms with Crippen molar-refractivity contribution < 1.29 is 14.7 Å². The monoisotopic (exact) mass is 369 g/mol. The number of fused-ring (bicyclic) bond motifs is 1. The second kappa shape index (κ2) is 7.35. The molecule has 4 rings (SSSR count). The second-order valence-corrected chi connectivity index (χ2v) is 8.00. The lowest BCUT2D eigenvalue weighted by atomic mass is 9.73. The molecule has 2 aliphatic rings. The van der Waals surface area contributed by atoms with Crippen LogP contribution in [0.4, 0.5) is 0 Å². The van der Waals surface area contributed by atoms with Gasteiger partial charge in [-0.25, -0.2) is 0 Å². The molecule has 2 aliphatic heterocycles. The number of aromatic nitrogens is 1. The number of carbonyl (C=O) groups is 2. The molecule has 2 amide bonds.